The van der Waals surface area contributed by atoms with Crippen LogP contribution in [0.15, 0.2) is 30.3 Å². The van der Waals surface area contributed by atoms with Gasteiger partial charge in [0, 0.05) is 30.9 Å². The zero-order chi connectivity index (χ0) is 18.5. The number of aryl methyl sites for hydroxylation is 2. The molecule has 140 valence electrons. The van der Waals surface area contributed by atoms with E-state index in [9.17, 15) is 4.79 Å². The number of carbonyl (C=O) groups is 1. The average Bonchev–Trinajstić information content (AvgIpc) is 3.03. The minimum absolute atomic E-state index is 0.0794. The summed E-state index contributed by atoms with van der Waals surface area (Å²) in [7, 11) is 1.68. The van der Waals surface area contributed by atoms with Gasteiger partial charge in [-0.2, -0.15) is 5.10 Å². The van der Waals surface area contributed by atoms with E-state index in [-0.39, 0.29) is 5.91 Å². The monoisotopic (exact) mass is 354 g/mol. The number of aromatic nitrogens is 2. The van der Waals surface area contributed by atoms with Gasteiger partial charge in [-0.15, -0.1) is 0 Å². The third-order valence-electron chi connectivity index (χ3n) is 5.06. The molecular formula is C21H30N4O. The molecule has 0 radical (unpaired) electrons. The van der Waals surface area contributed by atoms with Gasteiger partial charge in [0.15, 0.2) is 5.69 Å². The van der Waals surface area contributed by atoms with Crippen molar-refractivity contribution in [2.24, 2.45) is 5.92 Å². The van der Waals surface area contributed by atoms with E-state index >= 15 is 0 Å². The largest absolute Gasteiger partial charge is 0.354 e. The summed E-state index contributed by atoms with van der Waals surface area (Å²) in [4.78, 5) is 12.3. The van der Waals surface area contributed by atoms with Crippen LogP contribution in [0.2, 0.25) is 0 Å². The normalized spacial score (nSPS) is 16.5. The van der Waals surface area contributed by atoms with E-state index in [0.717, 1.165) is 44.3 Å². The van der Waals surface area contributed by atoms with Gasteiger partial charge < -0.3 is 10.6 Å². The molecule has 5 heteroatoms. The minimum atomic E-state index is -0.0794. The van der Waals surface area contributed by atoms with Crippen LogP contribution in [0.25, 0.3) is 0 Å². The van der Waals surface area contributed by atoms with E-state index in [0.29, 0.717) is 17.7 Å². The first-order valence-electron chi connectivity index (χ1n) is 9.66. The van der Waals surface area contributed by atoms with Crippen molar-refractivity contribution in [2.45, 2.75) is 52.1 Å². The molecule has 0 saturated carbocycles. The van der Waals surface area contributed by atoms with Gasteiger partial charge in [-0.1, -0.05) is 44.2 Å². The summed E-state index contributed by atoms with van der Waals surface area (Å²) in [5, 5.41) is 11.1. The number of carbonyl (C=O) groups excluding carboxylic acids is 1. The second-order valence-corrected chi connectivity index (χ2v) is 7.55. The highest BCUT2D eigenvalue weighted by Crippen LogP contribution is 2.25. The number of rotatable bonds is 7. The van der Waals surface area contributed by atoms with E-state index in [1.165, 1.54) is 11.3 Å². The molecule has 5 nitrogen and oxygen atoms in total. The molecule has 0 aliphatic heterocycles. The lowest BCUT2D eigenvalue weighted by molar-refractivity contribution is 0.0956. The highest BCUT2D eigenvalue weighted by atomic mass is 16.1. The summed E-state index contributed by atoms with van der Waals surface area (Å²) in [6.07, 6.45) is 3.89. The van der Waals surface area contributed by atoms with Crippen molar-refractivity contribution >= 4 is 5.91 Å². The Kier molecular flexibility index (Phi) is 6.09. The van der Waals surface area contributed by atoms with E-state index in [4.69, 9.17) is 0 Å². The van der Waals surface area contributed by atoms with Crippen molar-refractivity contribution < 1.29 is 4.79 Å². The Hall–Kier alpha value is -2.14. The Bertz CT molecular complexity index is 736. The SMILES string of the molecule is CNC(=O)c1nn(CCc2ccccc2)c2c1CC(NCC(C)C)CC2. The molecule has 1 amide bonds. The summed E-state index contributed by atoms with van der Waals surface area (Å²) in [5.74, 6) is 0.549. The van der Waals surface area contributed by atoms with Crippen LogP contribution in [0.5, 0.6) is 0 Å². The number of nitrogens with one attached hydrogen (secondary N) is 2. The molecule has 26 heavy (non-hydrogen) atoms. The Morgan fingerprint density at radius 2 is 2.08 bits per heavy atom. The van der Waals surface area contributed by atoms with Crippen molar-refractivity contribution in [3.63, 3.8) is 0 Å². The number of amides is 1. The molecule has 0 spiro atoms. The van der Waals surface area contributed by atoms with Crippen LogP contribution >= 0.6 is 0 Å². The zero-order valence-corrected chi connectivity index (χ0v) is 16.1. The topological polar surface area (TPSA) is 59.0 Å². The van der Waals surface area contributed by atoms with Crippen LogP contribution in [0.4, 0.5) is 0 Å². The van der Waals surface area contributed by atoms with E-state index < -0.39 is 0 Å². The Balaban J connectivity index is 1.78. The molecule has 0 bridgehead atoms. The molecule has 1 aliphatic carbocycles. The summed E-state index contributed by atoms with van der Waals surface area (Å²) in [5.41, 5.74) is 4.27. The quantitative estimate of drug-likeness (QED) is 0.803. The maximum absolute atomic E-state index is 12.3. The van der Waals surface area contributed by atoms with Gasteiger partial charge in [0.25, 0.3) is 5.91 Å². The molecule has 1 atom stereocenters. The van der Waals surface area contributed by atoms with Gasteiger partial charge in [-0.05, 0) is 43.7 Å². The first-order valence-corrected chi connectivity index (χ1v) is 9.66. The molecular weight excluding hydrogens is 324 g/mol. The molecule has 1 aromatic heterocycles. The van der Waals surface area contributed by atoms with Crippen molar-refractivity contribution in [3.05, 3.63) is 52.8 Å². The summed E-state index contributed by atoms with van der Waals surface area (Å²) in [6, 6.07) is 10.9. The third-order valence-corrected chi connectivity index (χ3v) is 5.06. The molecule has 1 unspecified atom stereocenters. The summed E-state index contributed by atoms with van der Waals surface area (Å²) in [6.45, 7) is 6.27. The van der Waals surface area contributed by atoms with Crippen LogP contribution in [0.1, 0.15) is 47.6 Å². The summed E-state index contributed by atoms with van der Waals surface area (Å²) >= 11 is 0. The van der Waals surface area contributed by atoms with E-state index in [2.05, 4.69) is 58.5 Å². The fraction of sp³-hybridized carbons (Fsp3) is 0.524. The van der Waals surface area contributed by atoms with Crippen molar-refractivity contribution in [1.29, 1.82) is 0 Å². The lowest BCUT2D eigenvalue weighted by atomic mass is 9.91. The molecule has 0 fully saturated rings. The van der Waals surface area contributed by atoms with Crippen LogP contribution < -0.4 is 10.6 Å². The van der Waals surface area contributed by atoms with Gasteiger partial charge in [0.1, 0.15) is 0 Å². The van der Waals surface area contributed by atoms with Gasteiger partial charge in [-0.3, -0.25) is 9.48 Å². The molecule has 1 aliphatic rings. The zero-order valence-electron chi connectivity index (χ0n) is 16.1. The molecule has 0 saturated heterocycles. The Morgan fingerprint density at radius 1 is 1.31 bits per heavy atom. The van der Waals surface area contributed by atoms with E-state index in [1.807, 2.05) is 6.07 Å². The first kappa shape index (κ1) is 18.6. The lowest BCUT2D eigenvalue weighted by Gasteiger charge is -2.25. The van der Waals surface area contributed by atoms with Crippen LogP contribution in [0, 0.1) is 5.92 Å². The predicted molar refractivity (Wildman–Crippen MR) is 104 cm³/mol. The van der Waals surface area contributed by atoms with Crippen molar-refractivity contribution in [3.8, 4) is 0 Å². The van der Waals surface area contributed by atoms with Gasteiger partial charge in [0.05, 0.1) is 0 Å². The number of hydrogen-bond donors (Lipinski definition) is 2. The van der Waals surface area contributed by atoms with Gasteiger partial charge >= 0.3 is 0 Å². The minimum Gasteiger partial charge on any atom is -0.354 e. The predicted octanol–water partition coefficient (Wildman–Crippen LogP) is 2.59. The average molecular weight is 354 g/mol. The van der Waals surface area contributed by atoms with E-state index in [1.54, 1.807) is 7.05 Å². The molecule has 2 aromatic rings. The number of nitrogens with zero attached hydrogens (tertiary/aromatic N) is 2. The van der Waals surface area contributed by atoms with Crippen molar-refractivity contribution in [2.75, 3.05) is 13.6 Å². The van der Waals surface area contributed by atoms with Crippen LogP contribution in [-0.4, -0.2) is 35.3 Å². The number of hydrogen-bond acceptors (Lipinski definition) is 3. The maximum Gasteiger partial charge on any atom is 0.271 e. The number of fused-ring (bicyclic) bond motifs is 1. The highest BCUT2D eigenvalue weighted by Gasteiger charge is 2.28. The molecule has 2 N–H and O–H groups in total. The second kappa shape index (κ2) is 8.49. The van der Waals surface area contributed by atoms with Crippen LogP contribution in [0.3, 0.4) is 0 Å². The summed E-state index contributed by atoms with van der Waals surface area (Å²) < 4.78 is 2.06. The highest BCUT2D eigenvalue weighted by molar-refractivity contribution is 5.93. The van der Waals surface area contributed by atoms with Gasteiger partial charge in [0.2, 0.25) is 0 Å². The van der Waals surface area contributed by atoms with Gasteiger partial charge in [-0.25, -0.2) is 0 Å². The standard InChI is InChI=1S/C21H30N4O/c1-15(2)14-23-17-9-10-19-18(13-17)20(21(26)22-3)24-25(19)12-11-16-7-5-4-6-8-16/h4-8,15,17,23H,9-14H2,1-3H3,(H,22,26). The van der Waals surface area contributed by atoms with Crippen molar-refractivity contribution in [1.82, 2.24) is 20.4 Å². The van der Waals surface area contributed by atoms with Crippen LogP contribution in [-0.2, 0) is 25.8 Å². The molecule has 1 aromatic carbocycles. The Morgan fingerprint density at radius 3 is 2.77 bits per heavy atom. The third kappa shape index (κ3) is 4.33. The maximum atomic E-state index is 12.3. The number of benzene rings is 1. The Labute approximate surface area is 156 Å². The second-order valence-electron chi connectivity index (χ2n) is 7.55. The first-order chi connectivity index (χ1) is 12.6. The molecule has 1 heterocycles. The molecule has 3 rings (SSSR count). The fourth-order valence-corrected chi connectivity index (χ4v) is 3.63. The smallest absolute Gasteiger partial charge is 0.271 e. The lowest BCUT2D eigenvalue weighted by Crippen LogP contribution is -2.37. The fourth-order valence-electron chi connectivity index (χ4n) is 3.63.